The lowest BCUT2D eigenvalue weighted by Crippen LogP contribution is -2.14. The Balaban J connectivity index is 2.88. The van der Waals surface area contributed by atoms with Crippen LogP contribution in [0.1, 0.15) is 27.9 Å². The molecule has 1 heterocycles. The molecule has 108 valence electrons. The number of hydrogen-bond donors (Lipinski definition) is 1. The van der Waals surface area contributed by atoms with Gasteiger partial charge in [-0.25, -0.2) is 13.2 Å². The molecule has 0 amide bonds. The molecule has 8 heteroatoms. The summed E-state index contributed by atoms with van der Waals surface area (Å²) in [6.07, 6.45) is 1.43. The Labute approximate surface area is 120 Å². The Morgan fingerprint density at radius 1 is 1.50 bits per heavy atom. The fourth-order valence-corrected chi connectivity index (χ4v) is 3.78. The van der Waals surface area contributed by atoms with Crippen molar-refractivity contribution in [1.82, 2.24) is 0 Å². The van der Waals surface area contributed by atoms with E-state index in [4.69, 9.17) is 21.5 Å². The van der Waals surface area contributed by atoms with Crippen LogP contribution >= 0.6 is 11.6 Å². The minimum atomic E-state index is -3.58. The van der Waals surface area contributed by atoms with E-state index in [1.807, 2.05) is 0 Å². The predicted molar refractivity (Wildman–Crippen MR) is 73.4 cm³/mol. The maximum Gasteiger partial charge on any atom is 0.337 e. The van der Waals surface area contributed by atoms with E-state index in [1.165, 1.54) is 13.0 Å². The molecule has 0 fully saturated rings. The van der Waals surface area contributed by atoms with E-state index in [1.54, 1.807) is 0 Å². The van der Waals surface area contributed by atoms with Crippen molar-refractivity contribution in [3.8, 4) is 0 Å². The van der Waals surface area contributed by atoms with Crippen LogP contribution < -0.4 is 0 Å². The number of hydrogen-bond acceptors (Lipinski definition) is 5. The lowest BCUT2D eigenvalue weighted by molar-refractivity contribution is 0.0697. The van der Waals surface area contributed by atoms with E-state index in [-0.39, 0.29) is 21.0 Å². The number of benzene rings is 1. The predicted octanol–water partition coefficient (Wildman–Crippen LogP) is 1.87. The van der Waals surface area contributed by atoms with Crippen LogP contribution in [-0.4, -0.2) is 38.1 Å². The molecule has 0 radical (unpaired) electrons. The van der Waals surface area contributed by atoms with Crippen molar-refractivity contribution in [3.05, 3.63) is 27.8 Å². The monoisotopic (exact) mass is 317 g/mol. The van der Waals surface area contributed by atoms with Crippen molar-refractivity contribution in [2.75, 3.05) is 12.9 Å². The summed E-state index contributed by atoms with van der Waals surface area (Å²) in [4.78, 5) is 16.1. The zero-order valence-electron chi connectivity index (χ0n) is 10.8. The molecule has 0 bridgehead atoms. The van der Waals surface area contributed by atoms with Crippen LogP contribution in [0.4, 0.5) is 0 Å². The van der Waals surface area contributed by atoms with E-state index in [2.05, 4.69) is 5.16 Å². The summed E-state index contributed by atoms with van der Waals surface area (Å²) < 4.78 is 23.9. The lowest BCUT2D eigenvalue weighted by Gasteiger charge is -2.14. The minimum Gasteiger partial charge on any atom is -0.478 e. The van der Waals surface area contributed by atoms with Crippen molar-refractivity contribution in [3.63, 3.8) is 0 Å². The SMILES string of the molecule is Cc1cc(C(=O)O)c(Cl)c(C2=NOCC2)c1S(C)(=O)=O. The van der Waals surface area contributed by atoms with E-state index < -0.39 is 15.8 Å². The third kappa shape index (κ3) is 2.51. The number of rotatable bonds is 3. The zero-order chi connectivity index (χ0) is 15.1. The van der Waals surface area contributed by atoms with Crippen LogP contribution in [0.25, 0.3) is 0 Å². The highest BCUT2D eigenvalue weighted by Crippen LogP contribution is 2.33. The number of oxime groups is 1. The highest BCUT2D eigenvalue weighted by molar-refractivity contribution is 7.90. The smallest absolute Gasteiger partial charge is 0.337 e. The molecular weight excluding hydrogens is 306 g/mol. The maximum absolute atomic E-state index is 12.0. The van der Waals surface area contributed by atoms with Gasteiger partial charge in [-0.2, -0.15) is 0 Å². The van der Waals surface area contributed by atoms with Crippen molar-refractivity contribution in [2.45, 2.75) is 18.2 Å². The summed E-state index contributed by atoms with van der Waals surface area (Å²) in [5.41, 5.74) is 0.644. The van der Waals surface area contributed by atoms with Gasteiger partial charge >= 0.3 is 5.97 Å². The molecule has 0 aromatic heterocycles. The number of aryl methyl sites for hydroxylation is 1. The Kier molecular flexibility index (Phi) is 3.75. The highest BCUT2D eigenvalue weighted by Gasteiger charge is 2.28. The Morgan fingerprint density at radius 3 is 2.60 bits per heavy atom. The molecule has 20 heavy (non-hydrogen) atoms. The molecule has 1 N–H and O–H groups in total. The Bertz CT molecular complexity index is 724. The van der Waals surface area contributed by atoms with Gasteiger partial charge in [-0.1, -0.05) is 16.8 Å². The van der Waals surface area contributed by atoms with Gasteiger partial charge in [-0.3, -0.25) is 0 Å². The first-order valence-electron chi connectivity index (χ1n) is 5.69. The summed E-state index contributed by atoms with van der Waals surface area (Å²) in [5.74, 6) is -1.22. The third-order valence-electron chi connectivity index (χ3n) is 2.90. The van der Waals surface area contributed by atoms with E-state index >= 15 is 0 Å². The summed E-state index contributed by atoms with van der Waals surface area (Å²) in [6.45, 7) is 1.84. The maximum atomic E-state index is 12.0. The number of nitrogens with zero attached hydrogens (tertiary/aromatic N) is 1. The van der Waals surface area contributed by atoms with Gasteiger partial charge in [0.15, 0.2) is 9.84 Å². The number of aromatic carboxylic acids is 1. The molecule has 0 atom stereocenters. The van der Waals surface area contributed by atoms with Crippen molar-refractivity contribution >= 4 is 33.1 Å². The van der Waals surface area contributed by atoms with Crippen LogP contribution in [0.5, 0.6) is 0 Å². The number of carbonyl (C=O) groups is 1. The normalized spacial score (nSPS) is 14.8. The first-order valence-corrected chi connectivity index (χ1v) is 7.96. The number of sulfone groups is 1. The second-order valence-corrected chi connectivity index (χ2v) is 6.79. The topological polar surface area (TPSA) is 93.0 Å². The van der Waals surface area contributed by atoms with Gasteiger partial charge in [-0.05, 0) is 18.6 Å². The zero-order valence-corrected chi connectivity index (χ0v) is 12.4. The van der Waals surface area contributed by atoms with Crippen LogP contribution in [0, 0.1) is 6.92 Å². The number of carboxylic acid groups (broad SMARTS) is 1. The van der Waals surface area contributed by atoms with Crippen molar-refractivity contribution in [1.29, 1.82) is 0 Å². The average molecular weight is 318 g/mol. The van der Waals surface area contributed by atoms with E-state index in [0.717, 1.165) is 6.26 Å². The standard InChI is InChI=1S/C12H12ClNO5S/c1-6-5-7(12(15)16)10(13)9(8-3-4-19-14-8)11(6)20(2,17)18/h5H,3-4H2,1-2H3,(H,15,16). The van der Waals surface area contributed by atoms with Gasteiger partial charge in [0.05, 0.1) is 21.2 Å². The molecule has 0 spiro atoms. The molecule has 1 aromatic rings. The number of carboxylic acids is 1. The molecule has 0 aliphatic carbocycles. The second kappa shape index (κ2) is 5.06. The van der Waals surface area contributed by atoms with Crippen LogP contribution in [-0.2, 0) is 14.7 Å². The fraction of sp³-hybridized carbons (Fsp3) is 0.333. The molecule has 1 aliphatic rings. The van der Waals surface area contributed by atoms with Gasteiger partial charge in [0, 0.05) is 18.2 Å². The molecule has 6 nitrogen and oxygen atoms in total. The summed E-state index contributed by atoms with van der Waals surface area (Å²) in [6, 6.07) is 1.25. The molecule has 1 aliphatic heterocycles. The molecule has 0 saturated heterocycles. The lowest BCUT2D eigenvalue weighted by atomic mass is 10.0. The largest absolute Gasteiger partial charge is 0.478 e. The highest BCUT2D eigenvalue weighted by atomic mass is 35.5. The average Bonchev–Trinajstić information content (AvgIpc) is 2.82. The van der Waals surface area contributed by atoms with Gasteiger partial charge in [-0.15, -0.1) is 0 Å². The number of halogens is 1. The first-order chi connectivity index (χ1) is 9.23. The Morgan fingerprint density at radius 2 is 2.15 bits per heavy atom. The van der Waals surface area contributed by atoms with Gasteiger partial charge in [0.2, 0.25) is 0 Å². The molecule has 0 unspecified atom stereocenters. The van der Waals surface area contributed by atoms with Gasteiger partial charge in [0.25, 0.3) is 0 Å². The second-order valence-electron chi connectivity index (χ2n) is 4.46. The third-order valence-corrected chi connectivity index (χ3v) is 4.56. The van der Waals surface area contributed by atoms with Crippen LogP contribution in [0.15, 0.2) is 16.1 Å². The Hall–Kier alpha value is -1.60. The summed E-state index contributed by atoms with van der Waals surface area (Å²) in [5, 5.41) is 12.8. The minimum absolute atomic E-state index is 0.00301. The first kappa shape index (κ1) is 14.8. The van der Waals surface area contributed by atoms with Crippen LogP contribution in [0.2, 0.25) is 5.02 Å². The quantitative estimate of drug-likeness (QED) is 0.918. The van der Waals surface area contributed by atoms with Crippen molar-refractivity contribution < 1.29 is 23.2 Å². The molecule has 1 aromatic carbocycles. The molecular formula is C12H12ClNO5S. The van der Waals surface area contributed by atoms with Crippen LogP contribution in [0.3, 0.4) is 0 Å². The summed E-state index contributed by atoms with van der Waals surface area (Å²) in [7, 11) is -3.58. The molecule has 0 saturated carbocycles. The van der Waals surface area contributed by atoms with E-state index in [0.29, 0.717) is 24.3 Å². The summed E-state index contributed by atoms with van der Waals surface area (Å²) >= 11 is 6.09. The van der Waals surface area contributed by atoms with Gasteiger partial charge in [0.1, 0.15) is 6.61 Å². The fourth-order valence-electron chi connectivity index (χ4n) is 2.15. The van der Waals surface area contributed by atoms with Gasteiger partial charge < -0.3 is 9.94 Å². The molecule has 2 rings (SSSR count). The van der Waals surface area contributed by atoms with Crippen molar-refractivity contribution in [2.24, 2.45) is 5.16 Å². The van der Waals surface area contributed by atoms with E-state index in [9.17, 15) is 13.2 Å².